The molecule has 0 unspecified atom stereocenters. The van der Waals surface area contributed by atoms with Gasteiger partial charge in [0.1, 0.15) is 6.54 Å². The van der Waals surface area contributed by atoms with Gasteiger partial charge >= 0.3 is 0 Å². The maximum absolute atomic E-state index is 12.5. The van der Waals surface area contributed by atoms with Crippen LogP contribution in [0.1, 0.15) is 11.3 Å². The lowest BCUT2D eigenvalue weighted by atomic mass is 10.1. The van der Waals surface area contributed by atoms with Gasteiger partial charge in [0.25, 0.3) is 5.56 Å². The number of hydrogen-bond acceptors (Lipinski definition) is 4. The van der Waals surface area contributed by atoms with E-state index in [1.807, 2.05) is 68.4 Å². The van der Waals surface area contributed by atoms with Crippen LogP contribution in [0.2, 0.25) is 0 Å². The molecule has 0 aliphatic heterocycles. The van der Waals surface area contributed by atoms with Crippen LogP contribution in [0.5, 0.6) is 0 Å². The van der Waals surface area contributed by atoms with Gasteiger partial charge in [-0.15, -0.1) is 0 Å². The number of anilines is 1. The summed E-state index contributed by atoms with van der Waals surface area (Å²) in [6.07, 6.45) is 0. The molecule has 0 aliphatic rings. The third kappa shape index (κ3) is 3.74. The van der Waals surface area contributed by atoms with Gasteiger partial charge in [-0.25, -0.2) is 4.68 Å². The largest absolute Gasteiger partial charge is 0.378 e. The number of rotatable bonds is 5. The van der Waals surface area contributed by atoms with Gasteiger partial charge < -0.3 is 10.2 Å². The average Bonchev–Trinajstić information content (AvgIpc) is 2.64. The van der Waals surface area contributed by atoms with Gasteiger partial charge in [0.05, 0.1) is 11.1 Å². The van der Waals surface area contributed by atoms with Crippen molar-refractivity contribution >= 4 is 22.4 Å². The molecule has 0 spiro atoms. The van der Waals surface area contributed by atoms with Crippen molar-refractivity contribution in [1.82, 2.24) is 15.1 Å². The molecule has 0 radical (unpaired) electrons. The average molecular weight is 350 g/mol. The van der Waals surface area contributed by atoms with Crippen molar-refractivity contribution in [2.45, 2.75) is 20.0 Å². The van der Waals surface area contributed by atoms with E-state index in [1.54, 1.807) is 6.07 Å². The van der Waals surface area contributed by atoms with Crippen LogP contribution in [-0.4, -0.2) is 29.8 Å². The summed E-state index contributed by atoms with van der Waals surface area (Å²) in [5, 5.41) is 8.49. The predicted molar refractivity (Wildman–Crippen MR) is 103 cm³/mol. The number of aryl methyl sites for hydroxylation is 1. The van der Waals surface area contributed by atoms with Gasteiger partial charge in [-0.05, 0) is 30.7 Å². The number of amides is 1. The van der Waals surface area contributed by atoms with Crippen molar-refractivity contribution < 1.29 is 4.79 Å². The van der Waals surface area contributed by atoms with Crippen LogP contribution in [0.4, 0.5) is 5.69 Å². The van der Waals surface area contributed by atoms with Gasteiger partial charge in [-0.1, -0.05) is 30.3 Å². The van der Waals surface area contributed by atoms with Gasteiger partial charge in [-0.3, -0.25) is 9.59 Å². The first-order valence-electron chi connectivity index (χ1n) is 8.45. The Labute approximate surface area is 152 Å². The highest BCUT2D eigenvalue weighted by Gasteiger charge is 2.10. The van der Waals surface area contributed by atoms with Crippen LogP contribution in [0.3, 0.4) is 0 Å². The molecule has 1 heterocycles. The molecule has 3 aromatic rings. The number of carbonyl (C=O) groups excluding carboxylic acids is 1. The SMILES string of the molecule is Cc1nn(CC(=O)NCc2ccc(N(C)C)cc2)c(=O)c2ccccc12. The Bertz CT molecular complexity index is 991. The zero-order valence-electron chi connectivity index (χ0n) is 15.2. The van der Waals surface area contributed by atoms with Crippen molar-refractivity contribution in [3.05, 3.63) is 70.1 Å². The number of hydrogen-bond donors (Lipinski definition) is 1. The molecule has 6 heteroatoms. The van der Waals surface area contributed by atoms with Gasteiger partial charge in [-0.2, -0.15) is 5.10 Å². The number of carbonyl (C=O) groups is 1. The molecule has 134 valence electrons. The summed E-state index contributed by atoms with van der Waals surface area (Å²) in [6.45, 7) is 2.15. The van der Waals surface area contributed by atoms with E-state index >= 15 is 0 Å². The molecule has 3 rings (SSSR count). The van der Waals surface area contributed by atoms with Crippen LogP contribution >= 0.6 is 0 Å². The van der Waals surface area contributed by atoms with E-state index < -0.39 is 0 Å². The predicted octanol–water partition coefficient (Wildman–Crippen LogP) is 2.09. The highest BCUT2D eigenvalue weighted by Crippen LogP contribution is 2.13. The maximum atomic E-state index is 12.5. The lowest BCUT2D eigenvalue weighted by molar-refractivity contribution is -0.122. The second-order valence-electron chi connectivity index (χ2n) is 6.43. The standard InChI is InChI=1S/C20H22N4O2/c1-14-17-6-4-5-7-18(17)20(26)24(22-14)13-19(25)21-12-15-8-10-16(11-9-15)23(2)3/h4-11H,12-13H2,1-3H3,(H,21,25). The molecular formula is C20H22N4O2. The molecule has 26 heavy (non-hydrogen) atoms. The summed E-state index contributed by atoms with van der Waals surface area (Å²) in [6, 6.07) is 15.2. The fourth-order valence-electron chi connectivity index (χ4n) is 2.82. The summed E-state index contributed by atoms with van der Waals surface area (Å²) >= 11 is 0. The van der Waals surface area contributed by atoms with Crippen molar-refractivity contribution in [2.24, 2.45) is 0 Å². The lowest BCUT2D eigenvalue weighted by Gasteiger charge is -2.13. The summed E-state index contributed by atoms with van der Waals surface area (Å²) in [5.74, 6) is -0.244. The molecule has 0 fully saturated rings. The molecule has 1 amide bonds. The molecule has 0 bridgehead atoms. The van der Waals surface area contributed by atoms with E-state index in [2.05, 4.69) is 10.4 Å². The number of aromatic nitrogens is 2. The first-order valence-corrected chi connectivity index (χ1v) is 8.45. The zero-order chi connectivity index (χ0) is 18.7. The van der Waals surface area contributed by atoms with Gasteiger partial charge in [0, 0.05) is 31.7 Å². The van der Waals surface area contributed by atoms with Crippen molar-refractivity contribution in [3.8, 4) is 0 Å². The number of nitrogens with zero attached hydrogens (tertiary/aromatic N) is 3. The minimum absolute atomic E-state index is 0.0969. The molecule has 0 saturated carbocycles. The van der Waals surface area contributed by atoms with Crippen LogP contribution in [0.15, 0.2) is 53.3 Å². The highest BCUT2D eigenvalue weighted by atomic mass is 16.2. The molecule has 1 N–H and O–H groups in total. The molecule has 0 aliphatic carbocycles. The van der Waals surface area contributed by atoms with Crippen molar-refractivity contribution in [2.75, 3.05) is 19.0 Å². The topological polar surface area (TPSA) is 67.2 Å². The second-order valence-corrected chi connectivity index (χ2v) is 6.43. The van der Waals surface area contributed by atoms with E-state index in [0.717, 1.165) is 22.3 Å². The smallest absolute Gasteiger partial charge is 0.275 e. The quantitative estimate of drug-likeness (QED) is 0.765. The first-order chi connectivity index (χ1) is 12.5. The van der Waals surface area contributed by atoms with Crippen LogP contribution < -0.4 is 15.8 Å². The molecule has 0 saturated heterocycles. The molecule has 2 aromatic carbocycles. The molecule has 1 aromatic heterocycles. The third-order valence-electron chi connectivity index (χ3n) is 4.29. The van der Waals surface area contributed by atoms with Crippen LogP contribution in [-0.2, 0) is 17.9 Å². The molecule has 0 atom stereocenters. The fraction of sp³-hybridized carbons (Fsp3) is 0.250. The number of nitrogens with one attached hydrogen (secondary N) is 1. The Balaban J connectivity index is 1.69. The third-order valence-corrected chi connectivity index (χ3v) is 4.29. The van der Waals surface area contributed by atoms with Crippen LogP contribution in [0, 0.1) is 6.92 Å². The Morgan fingerprint density at radius 3 is 2.38 bits per heavy atom. The Hall–Kier alpha value is -3.15. The van der Waals surface area contributed by atoms with E-state index in [4.69, 9.17) is 0 Å². The Morgan fingerprint density at radius 2 is 1.73 bits per heavy atom. The zero-order valence-corrected chi connectivity index (χ0v) is 15.2. The van der Waals surface area contributed by atoms with Crippen molar-refractivity contribution in [3.63, 3.8) is 0 Å². The molecular weight excluding hydrogens is 328 g/mol. The van der Waals surface area contributed by atoms with Crippen molar-refractivity contribution in [1.29, 1.82) is 0 Å². The summed E-state index contributed by atoms with van der Waals surface area (Å²) in [7, 11) is 3.96. The van der Waals surface area contributed by atoms with Gasteiger partial charge in [0.2, 0.25) is 5.91 Å². The monoisotopic (exact) mass is 350 g/mol. The van der Waals surface area contributed by atoms with E-state index in [9.17, 15) is 9.59 Å². The van der Waals surface area contributed by atoms with E-state index in [0.29, 0.717) is 11.9 Å². The lowest BCUT2D eigenvalue weighted by Crippen LogP contribution is -2.33. The summed E-state index contributed by atoms with van der Waals surface area (Å²) in [4.78, 5) is 26.8. The summed E-state index contributed by atoms with van der Waals surface area (Å²) < 4.78 is 1.22. The Kier molecular flexibility index (Phi) is 5.02. The second kappa shape index (κ2) is 7.39. The van der Waals surface area contributed by atoms with Crippen LogP contribution in [0.25, 0.3) is 10.8 Å². The Morgan fingerprint density at radius 1 is 1.08 bits per heavy atom. The minimum Gasteiger partial charge on any atom is -0.378 e. The maximum Gasteiger partial charge on any atom is 0.275 e. The normalized spacial score (nSPS) is 10.7. The summed E-state index contributed by atoms with van der Waals surface area (Å²) in [5.41, 5.74) is 2.57. The van der Waals surface area contributed by atoms with Gasteiger partial charge in [0.15, 0.2) is 0 Å². The molecule has 6 nitrogen and oxygen atoms in total. The van der Waals surface area contributed by atoms with E-state index in [-0.39, 0.29) is 18.0 Å². The van der Waals surface area contributed by atoms with E-state index in [1.165, 1.54) is 4.68 Å². The fourth-order valence-corrected chi connectivity index (χ4v) is 2.82. The number of benzene rings is 2. The number of fused-ring (bicyclic) bond motifs is 1. The highest BCUT2D eigenvalue weighted by molar-refractivity contribution is 5.83. The minimum atomic E-state index is -0.253. The first kappa shape index (κ1) is 17.7.